The Balaban J connectivity index is 2.26. The molecule has 0 heterocycles. The van der Waals surface area contributed by atoms with Gasteiger partial charge in [0.05, 0.1) is 0 Å². The molecule has 0 unspecified atom stereocenters. The van der Waals surface area contributed by atoms with E-state index < -0.39 is 0 Å². The van der Waals surface area contributed by atoms with Gasteiger partial charge in [-0.1, -0.05) is 15.9 Å². The lowest BCUT2D eigenvalue weighted by molar-refractivity contribution is 0.608. The molecule has 76 valence electrons. The van der Waals surface area contributed by atoms with Crippen molar-refractivity contribution in [3.05, 3.63) is 33.5 Å². The number of halogens is 2. The zero-order chi connectivity index (χ0) is 10.3. The summed E-state index contributed by atoms with van der Waals surface area (Å²) in [4.78, 5) is 0. The fourth-order valence-electron chi connectivity index (χ4n) is 1.54. The molecular formula is C11H13BrFN. The Morgan fingerprint density at radius 3 is 2.64 bits per heavy atom. The minimum atomic E-state index is -0.154. The maximum absolute atomic E-state index is 13.4. The number of nitrogens with two attached hydrogens (primary N) is 1. The average molecular weight is 258 g/mol. The fourth-order valence-corrected chi connectivity index (χ4v) is 2.03. The van der Waals surface area contributed by atoms with E-state index in [9.17, 15) is 4.39 Å². The molecule has 1 aliphatic rings. The van der Waals surface area contributed by atoms with Crippen molar-refractivity contribution in [3.8, 4) is 0 Å². The van der Waals surface area contributed by atoms with Crippen LogP contribution in [-0.4, -0.2) is 5.54 Å². The van der Waals surface area contributed by atoms with E-state index in [0.29, 0.717) is 5.56 Å². The highest BCUT2D eigenvalue weighted by atomic mass is 79.9. The van der Waals surface area contributed by atoms with Gasteiger partial charge in [-0.25, -0.2) is 4.39 Å². The summed E-state index contributed by atoms with van der Waals surface area (Å²) in [7, 11) is 0. The molecule has 0 amide bonds. The molecule has 0 aromatic heterocycles. The number of rotatable bonds is 2. The van der Waals surface area contributed by atoms with Gasteiger partial charge in [-0.3, -0.25) is 0 Å². The number of hydrogen-bond donors (Lipinski definition) is 1. The van der Waals surface area contributed by atoms with E-state index >= 15 is 0 Å². The standard InChI is InChI=1S/C11H13BrFN/c1-7-9(12)4-8(5-10(7)13)6-11(14)2-3-11/h4-5H,2-3,6,14H2,1H3. The molecule has 1 aliphatic carbocycles. The summed E-state index contributed by atoms with van der Waals surface area (Å²) >= 11 is 3.34. The van der Waals surface area contributed by atoms with Gasteiger partial charge in [-0.15, -0.1) is 0 Å². The van der Waals surface area contributed by atoms with Crippen molar-refractivity contribution < 1.29 is 4.39 Å². The quantitative estimate of drug-likeness (QED) is 0.867. The van der Waals surface area contributed by atoms with E-state index in [0.717, 1.165) is 29.3 Å². The van der Waals surface area contributed by atoms with Crippen LogP contribution >= 0.6 is 15.9 Å². The Labute approximate surface area is 91.6 Å². The molecule has 0 radical (unpaired) electrons. The molecular weight excluding hydrogens is 245 g/mol. The van der Waals surface area contributed by atoms with Gasteiger partial charge in [0.2, 0.25) is 0 Å². The molecule has 0 bridgehead atoms. The first kappa shape index (κ1) is 10.1. The summed E-state index contributed by atoms with van der Waals surface area (Å²) in [5, 5.41) is 0. The maximum atomic E-state index is 13.4. The summed E-state index contributed by atoms with van der Waals surface area (Å²) < 4.78 is 14.2. The molecule has 3 heteroatoms. The zero-order valence-electron chi connectivity index (χ0n) is 8.11. The Kier molecular flexibility index (Phi) is 2.40. The molecule has 0 saturated heterocycles. The molecule has 2 rings (SSSR count). The van der Waals surface area contributed by atoms with Gasteiger partial charge in [0.15, 0.2) is 0 Å². The summed E-state index contributed by atoms with van der Waals surface area (Å²) in [6.07, 6.45) is 2.89. The third-order valence-corrected chi connectivity index (χ3v) is 3.61. The van der Waals surface area contributed by atoms with E-state index in [1.807, 2.05) is 6.07 Å². The molecule has 14 heavy (non-hydrogen) atoms. The molecule has 0 aliphatic heterocycles. The van der Waals surface area contributed by atoms with Gasteiger partial charge < -0.3 is 5.73 Å². The monoisotopic (exact) mass is 257 g/mol. The second kappa shape index (κ2) is 3.31. The van der Waals surface area contributed by atoms with Crippen LogP contribution in [-0.2, 0) is 6.42 Å². The smallest absolute Gasteiger partial charge is 0.127 e. The van der Waals surface area contributed by atoms with E-state index in [-0.39, 0.29) is 11.4 Å². The van der Waals surface area contributed by atoms with Crippen LogP contribution in [0.1, 0.15) is 24.0 Å². The molecule has 1 saturated carbocycles. The van der Waals surface area contributed by atoms with Crippen molar-refractivity contribution in [1.29, 1.82) is 0 Å². The zero-order valence-corrected chi connectivity index (χ0v) is 9.70. The van der Waals surface area contributed by atoms with Gasteiger partial charge in [0, 0.05) is 10.0 Å². The van der Waals surface area contributed by atoms with E-state index in [4.69, 9.17) is 5.73 Å². The Morgan fingerprint density at radius 1 is 1.50 bits per heavy atom. The second-order valence-corrected chi connectivity index (χ2v) is 5.08. The van der Waals surface area contributed by atoms with Gasteiger partial charge >= 0.3 is 0 Å². The first-order valence-corrected chi connectivity index (χ1v) is 5.53. The summed E-state index contributed by atoms with van der Waals surface area (Å²) in [5.74, 6) is -0.154. The largest absolute Gasteiger partial charge is 0.325 e. The second-order valence-electron chi connectivity index (χ2n) is 4.22. The summed E-state index contributed by atoms with van der Waals surface area (Å²) in [6, 6.07) is 3.55. The van der Waals surface area contributed by atoms with Gasteiger partial charge in [-0.2, -0.15) is 0 Å². The van der Waals surface area contributed by atoms with E-state index in [1.54, 1.807) is 13.0 Å². The Bertz CT molecular complexity index is 349. The van der Waals surface area contributed by atoms with Crippen LogP contribution in [0, 0.1) is 12.7 Å². The average Bonchev–Trinajstić information content (AvgIpc) is 2.79. The minimum absolute atomic E-state index is 0.0544. The highest BCUT2D eigenvalue weighted by Crippen LogP contribution is 2.36. The SMILES string of the molecule is Cc1c(F)cc(CC2(N)CC2)cc1Br. The summed E-state index contributed by atoms with van der Waals surface area (Å²) in [6.45, 7) is 1.76. The Morgan fingerprint density at radius 2 is 2.14 bits per heavy atom. The molecule has 1 aromatic rings. The Hall–Kier alpha value is -0.410. The van der Waals surface area contributed by atoms with Gasteiger partial charge in [0.1, 0.15) is 5.82 Å². The molecule has 0 spiro atoms. The van der Waals surface area contributed by atoms with Crippen LogP contribution in [0.4, 0.5) is 4.39 Å². The fraction of sp³-hybridized carbons (Fsp3) is 0.455. The van der Waals surface area contributed by atoms with E-state index in [2.05, 4.69) is 15.9 Å². The van der Waals surface area contributed by atoms with Crippen molar-refractivity contribution in [2.75, 3.05) is 0 Å². The molecule has 0 atom stereocenters. The maximum Gasteiger partial charge on any atom is 0.127 e. The third-order valence-electron chi connectivity index (χ3n) is 2.79. The van der Waals surface area contributed by atoms with Crippen LogP contribution in [0.25, 0.3) is 0 Å². The number of benzene rings is 1. The highest BCUT2D eigenvalue weighted by Gasteiger charge is 2.38. The molecule has 2 N–H and O–H groups in total. The lowest BCUT2D eigenvalue weighted by Gasteiger charge is -2.10. The van der Waals surface area contributed by atoms with Crippen molar-refractivity contribution in [1.82, 2.24) is 0 Å². The molecule has 1 aromatic carbocycles. The minimum Gasteiger partial charge on any atom is -0.325 e. The van der Waals surface area contributed by atoms with Crippen LogP contribution < -0.4 is 5.73 Å². The van der Waals surface area contributed by atoms with Gasteiger partial charge in [0.25, 0.3) is 0 Å². The molecule has 1 nitrogen and oxygen atoms in total. The van der Waals surface area contributed by atoms with Crippen LogP contribution in [0.15, 0.2) is 16.6 Å². The van der Waals surface area contributed by atoms with Crippen molar-refractivity contribution in [3.63, 3.8) is 0 Å². The van der Waals surface area contributed by atoms with Crippen molar-refractivity contribution >= 4 is 15.9 Å². The van der Waals surface area contributed by atoms with Crippen molar-refractivity contribution in [2.45, 2.75) is 31.7 Å². The van der Waals surface area contributed by atoms with Crippen molar-refractivity contribution in [2.24, 2.45) is 5.73 Å². The first-order chi connectivity index (χ1) is 6.50. The normalized spacial score (nSPS) is 18.3. The van der Waals surface area contributed by atoms with Crippen LogP contribution in [0.2, 0.25) is 0 Å². The summed E-state index contributed by atoms with van der Waals surface area (Å²) in [5.41, 5.74) is 7.57. The topological polar surface area (TPSA) is 26.0 Å². The lowest BCUT2D eigenvalue weighted by atomic mass is 10.0. The highest BCUT2D eigenvalue weighted by molar-refractivity contribution is 9.10. The first-order valence-electron chi connectivity index (χ1n) is 4.74. The van der Waals surface area contributed by atoms with E-state index in [1.165, 1.54) is 0 Å². The lowest BCUT2D eigenvalue weighted by Crippen LogP contribution is -2.24. The predicted molar refractivity (Wildman–Crippen MR) is 58.7 cm³/mol. The number of hydrogen-bond acceptors (Lipinski definition) is 1. The predicted octanol–water partition coefficient (Wildman–Crippen LogP) is 2.93. The van der Waals surface area contributed by atoms with Crippen LogP contribution in [0.3, 0.4) is 0 Å². The third kappa shape index (κ3) is 1.98. The van der Waals surface area contributed by atoms with Crippen LogP contribution in [0.5, 0.6) is 0 Å². The molecule has 1 fully saturated rings. The van der Waals surface area contributed by atoms with Gasteiger partial charge in [-0.05, 0) is 49.4 Å².